The summed E-state index contributed by atoms with van der Waals surface area (Å²) in [5.41, 5.74) is 1.24. The van der Waals surface area contributed by atoms with Crippen LogP contribution in [0.5, 0.6) is 5.75 Å². The maximum Gasteiger partial charge on any atom is 0.257 e. The molecular weight excluding hydrogens is 292 g/mol. The smallest absolute Gasteiger partial charge is 0.257 e. The Morgan fingerprint density at radius 1 is 1.29 bits per heavy atom. The molecule has 0 aliphatic rings. The lowest BCUT2D eigenvalue weighted by molar-refractivity contribution is -0.123. The molecule has 0 radical (unpaired) electrons. The molecule has 3 N–H and O–H groups in total. The monoisotopic (exact) mass is 314 g/mol. The largest absolute Gasteiger partial charge is 0.483 e. The minimum absolute atomic E-state index is 0.0362. The molecule has 0 aliphatic carbocycles. The molecule has 0 fully saturated rings. The first-order valence-corrected chi connectivity index (χ1v) is 8.19. The first kappa shape index (κ1) is 17.5. The molecule has 1 aromatic carbocycles. The molecule has 6 nitrogen and oxygen atoms in total. The number of rotatable bonds is 6. The van der Waals surface area contributed by atoms with Crippen LogP contribution < -0.4 is 15.2 Å². The van der Waals surface area contributed by atoms with Crippen LogP contribution in [0, 0.1) is 19.8 Å². The summed E-state index contributed by atoms with van der Waals surface area (Å²) in [5, 5.41) is 7.85. The number of hydrogen-bond acceptors (Lipinski definition) is 4. The number of aryl methyl sites for hydroxylation is 2. The predicted octanol–water partition coefficient (Wildman–Crippen LogP) is 1.10. The summed E-state index contributed by atoms with van der Waals surface area (Å²) >= 11 is 0. The Labute approximate surface area is 125 Å². The molecule has 0 aliphatic heterocycles. The van der Waals surface area contributed by atoms with Crippen molar-refractivity contribution in [2.75, 3.05) is 13.2 Å². The van der Waals surface area contributed by atoms with Crippen molar-refractivity contribution in [3.05, 3.63) is 23.3 Å². The Morgan fingerprint density at radius 3 is 2.24 bits per heavy atom. The topological polar surface area (TPSA) is 98.5 Å². The number of carbonyl (C=O) groups is 1. The van der Waals surface area contributed by atoms with E-state index in [0.29, 0.717) is 29.3 Å². The summed E-state index contributed by atoms with van der Waals surface area (Å²) in [7, 11) is -3.75. The molecule has 0 saturated heterocycles. The molecule has 0 aromatic heterocycles. The van der Waals surface area contributed by atoms with Crippen molar-refractivity contribution in [2.24, 2.45) is 11.1 Å². The van der Waals surface area contributed by atoms with Gasteiger partial charge in [-0.2, -0.15) is 0 Å². The van der Waals surface area contributed by atoms with Crippen LogP contribution >= 0.6 is 0 Å². The van der Waals surface area contributed by atoms with Crippen LogP contribution in [0.2, 0.25) is 0 Å². The van der Waals surface area contributed by atoms with Gasteiger partial charge in [-0.1, -0.05) is 13.8 Å². The van der Waals surface area contributed by atoms with Crippen LogP contribution in [0.1, 0.15) is 25.0 Å². The fourth-order valence-electron chi connectivity index (χ4n) is 1.81. The van der Waals surface area contributed by atoms with E-state index in [9.17, 15) is 13.2 Å². The molecule has 118 valence electrons. The van der Waals surface area contributed by atoms with E-state index >= 15 is 0 Å². The Morgan fingerprint density at radius 2 is 1.81 bits per heavy atom. The minimum Gasteiger partial charge on any atom is -0.483 e. The third kappa shape index (κ3) is 5.35. The third-order valence-electron chi connectivity index (χ3n) is 2.82. The highest BCUT2D eigenvalue weighted by Crippen LogP contribution is 2.26. The second kappa shape index (κ2) is 6.91. The molecule has 1 rings (SSSR count). The highest BCUT2D eigenvalue weighted by atomic mass is 32.2. The van der Waals surface area contributed by atoms with E-state index in [2.05, 4.69) is 5.32 Å². The van der Waals surface area contributed by atoms with Crippen LogP contribution in [-0.2, 0) is 14.8 Å². The van der Waals surface area contributed by atoms with Gasteiger partial charge in [0.1, 0.15) is 5.75 Å². The summed E-state index contributed by atoms with van der Waals surface area (Å²) in [6.07, 6.45) is 0. The van der Waals surface area contributed by atoms with E-state index in [-0.39, 0.29) is 17.4 Å². The number of amides is 1. The van der Waals surface area contributed by atoms with Crippen molar-refractivity contribution in [1.82, 2.24) is 5.32 Å². The fraction of sp³-hybridized carbons (Fsp3) is 0.500. The molecular formula is C14H22N2O4S. The second-order valence-electron chi connectivity index (χ2n) is 5.42. The van der Waals surface area contributed by atoms with Crippen LogP contribution in [0.4, 0.5) is 0 Å². The molecule has 0 saturated carbocycles. The van der Waals surface area contributed by atoms with Crippen LogP contribution in [-0.4, -0.2) is 27.5 Å². The number of primary sulfonamides is 1. The summed E-state index contributed by atoms with van der Waals surface area (Å²) in [6, 6.07) is 2.87. The van der Waals surface area contributed by atoms with E-state index in [1.54, 1.807) is 13.8 Å². The predicted molar refractivity (Wildman–Crippen MR) is 80.6 cm³/mol. The lowest BCUT2D eigenvalue weighted by Gasteiger charge is -2.14. The number of sulfonamides is 1. The van der Waals surface area contributed by atoms with Crippen molar-refractivity contribution in [3.63, 3.8) is 0 Å². The summed E-state index contributed by atoms with van der Waals surface area (Å²) in [6.45, 7) is 7.91. The zero-order valence-electron chi connectivity index (χ0n) is 12.8. The number of ether oxygens (including phenoxy) is 1. The van der Waals surface area contributed by atoms with Crippen LogP contribution in [0.25, 0.3) is 0 Å². The van der Waals surface area contributed by atoms with Gasteiger partial charge in [0.25, 0.3) is 5.91 Å². The van der Waals surface area contributed by atoms with Crippen molar-refractivity contribution < 1.29 is 17.9 Å². The fourth-order valence-corrected chi connectivity index (χ4v) is 2.49. The van der Waals surface area contributed by atoms with Crippen LogP contribution in [0.3, 0.4) is 0 Å². The Balaban J connectivity index is 2.79. The average molecular weight is 314 g/mol. The number of nitrogens with one attached hydrogen (secondary N) is 1. The number of nitrogens with two attached hydrogens (primary N) is 1. The van der Waals surface area contributed by atoms with Gasteiger partial charge in [0.15, 0.2) is 6.61 Å². The summed E-state index contributed by atoms with van der Waals surface area (Å²) in [5.74, 6) is 0.659. The lowest BCUT2D eigenvalue weighted by atomic mass is 10.1. The molecule has 1 amide bonds. The van der Waals surface area contributed by atoms with Gasteiger partial charge in [-0.25, -0.2) is 13.6 Å². The van der Waals surface area contributed by atoms with Gasteiger partial charge in [0.2, 0.25) is 10.0 Å². The minimum atomic E-state index is -3.75. The zero-order valence-corrected chi connectivity index (χ0v) is 13.6. The van der Waals surface area contributed by atoms with E-state index in [4.69, 9.17) is 9.88 Å². The van der Waals surface area contributed by atoms with E-state index in [1.165, 1.54) is 12.1 Å². The second-order valence-corrected chi connectivity index (χ2v) is 6.98. The Hall–Kier alpha value is -1.60. The molecule has 0 heterocycles. The molecule has 7 heteroatoms. The van der Waals surface area contributed by atoms with Crippen molar-refractivity contribution in [1.29, 1.82) is 0 Å². The molecule has 0 atom stereocenters. The Kier molecular flexibility index (Phi) is 5.74. The normalized spacial score (nSPS) is 11.5. The maximum atomic E-state index is 11.6. The highest BCUT2D eigenvalue weighted by Gasteiger charge is 2.14. The van der Waals surface area contributed by atoms with Gasteiger partial charge < -0.3 is 10.1 Å². The molecule has 0 bridgehead atoms. The van der Waals surface area contributed by atoms with Gasteiger partial charge in [0.05, 0.1) is 4.90 Å². The SMILES string of the molecule is Cc1cc(S(N)(=O)=O)cc(C)c1OCC(=O)NCC(C)C. The molecule has 0 spiro atoms. The quantitative estimate of drug-likeness (QED) is 0.821. The third-order valence-corrected chi connectivity index (χ3v) is 3.71. The first-order chi connectivity index (χ1) is 9.61. The summed E-state index contributed by atoms with van der Waals surface area (Å²) < 4.78 is 28.2. The zero-order chi connectivity index (χ0) is 16.2. The maximum absolute atomic E-state index is 11.6. The van der Waals surface area contributed by atoms with Crippen LogP contribution in [0.15, 0.2) is 17.0 Å². The van der Waals surface area contributed by atoms with E-state index in [0.717, 1.165) is 0 Å². The van der Waals surface area contributed by atoms with Crippen molar-refractivity contribution >= 4 is 15.9 Å². The molecule has 1 aromatic rings. The number of carbonyl (C=O) groups excluding carboxylic acids is 1. The average Bonchev–Trinajstić information content (AvgIpc) is 2.33. The highest BCUT2D eigenvalue weighted by molar-refractivity contribution is 7.89. The van der Waals surface area contributed by atoms with Gasteiger partial charge in [0, 0.05) is 6.54 Å². The number of hydrogen-bond donors (Lipinski definition) is 2. The van der Waals surface area contributed by atoms with Crippen molar-refractivity contribution in [3.8, 4) is 5.75 Å². The van der Waals surface area contributed by atoms with Gasteiger partial charge in [-0.05, 0) is 43.0 Å². The lowest BCUT2D eigenvalue weighted by Crippen LogP contribution is -2.31. The van der Waals surface area contributed by atoms with E-state index in [1.807, 2.05) is 13.8 Å². The van der Waals surface area contributed by atoms with Gasteiger partial charge in [-0.15, -0.1) is 0 Å². The van der Waals surface area contributed by atoms with E-state index < -0.39 is 10.0 Å². The Bertz CT molecular complexity index is 601. The first-order valence-electron chi connectivity index (χ1n) is 6.64. The number of benzene rings is 1. The van der Waals surface area contributed by atoms with Crippen molar-refractivity contribution in [2.45, 2.75) is 32.6 Å². The molecule has 21 heavy (non-hydrogen) atoms. The van der Waals surface area contributed by atoms with Gasteiger partial charge in [-0.3, -0.25) is 4.79 Å². The molecule has 0 unspecified atom stereocenters. The van der Waals surface area contributed by atoms with Gasteiger partial charge >= 0.3 is 0 Å². The summed E-state index contributed by atoms with van der Waals surface area (Å²) in [4.78, 5) is 11.7. The standard InChI is InChI=1S/C14H22N2O4S/c1-9(2)7-16-13(17)8-20-14-10(3)5-12(6-11(14)4)21(15,18)19/h5-6,9H,7-8H2,1-4H3,(H,16,17)(H2,15,18,19).